The monoisotopic (exact) mass is 390 g/mol. The molecule has 27 heavy (non-hydrogen) atoms. The van der Waals surface area contributed by atoms with Crippen molar-refractivity contribution in [3.8, 4) is 5.75 Å². The molecular formula is C19H19ClN2O5. The third-order valence-electron chi connectivity index (χ3n) is 3.40. The Balaban J connectivity index is 1.71. The van der Waals surface area contributed by atoms with Crippen LogP contribution < -0.4 is 15.4 Å². The lowest BCUT2D eigenvalue weighted by molar-refractivity contribution is -0.150. The minimum absolute atomic E-state index is 0.387. The van der Waals surface area contributed by atoms with Crippen LogP contribution in [0.5, 0.6) is 5.75 Å². The van der Waals surface area contributed by atoms with Gasteiger partial charge in [-0.1, -0.05) is 35.4 Å². The largest absolute Gasteiger partial charge is 0.482 e. The zero-order valence-corrected chi connectivity index (χ0v) is 15.6. The summed E-state index contributed by atoms with van der Waals surface area (Å²) < 4.78 is 9.95. The van der Waals surface area contributed by atoms with Crippen LogP contribution >= 0.6 is 11.6 Å². The Morgan fingerprint density at radius 1 is 1.04 bits per heavy atom. The highest BCUT2D eigenvalue weighted by Crippen LogP contribution is 2.17. The SMILES string of the molecule is Cc1ccc(NC(=O)NC(=O)COC(=O)COc2cccc(Cl)c2)c(C)c1. The fourth-order valence-corrected chi connectivity index (χ4v) is 2.34. The second-order valence-corrected chi connectivity index (χ2v) is 6.16. The van der Waals surface area contributed by atoms with Gasteiger partial charge in [-0.05, 0) is 43.7 Å². The van der Waals surface area contributed by atoms with E-state index in [2.05, 4.69) is 10.6 Å². The molecule has 0 spiro atoms. The van der Waals surface area contributed by atoms with Gasteiger partial charge in [0, 0.05) is 10.7 Å². The molecule has 0 saturated heterocycles. The summed E-state index contributed by atoms with van der Waals surface area (Å²) in [6.45, 7) is 2.79. The van der Waals surface area contributed by atoms with E-state index in [-0.39, 0.29) is 6.61 Å². The molecule has 3 amide bonds. The molecule has 0 aliphatic heterocycles. The van der Waals surface area contributed by atoms with Gasteiger partial charge in [0.2, 0.25) is 0 Å². The highest BCUT2D eigenvalue weighted by atomic mass is 35.5. The van der Waals surface area contributed by atoms with E-state index in [1.807, 2.05) is 26.0 Å². The molecule has 8 heteroatoms. The van der Waals surface area contributed by atoms with Crippen molar-refractivity contribution in [1.29, 1.82) is 0 Å². The highest BCUT2D eigenvalue weighted by Gasteiger charge is 2.12. The summed E-state index contributed by atoms with van der Waals surface area (Å²) in [6, 6.07) is 11.3. The Hall–Kier alpha value is -3.06. The smallest absolute Gasteiger partial charge is 0.344 e. The molecule has 0 aliphatic carbocycles. The number of nitrogens with one attached hydrogen (secondary N) is 2. The fraction of sp³-hybridized carbons (Fsp3) is 0.211. The van der Waals surface area contributed by atoms with Gasteiger partial charge < -0.3 is 14.8 Å². The quantitative estimate of drug-likeness (QED) is 0.738. The number of anilines is 1. The number of benzene rings is 2. The molecule has 142 valence electrons. The molecule has 2 aromatic rings. The molecule has 0 unspecified atom stereocenters. The number of urea groups is 1. The van der Waals surface area contributed by atoms with Gasteiger partial charge in [-0.15, -0.1) is 0 Å². The second kappa shape index (κ2) is 9.59. The average molecular weight is 391 g/mol. The molecule has 0 aliphatic rings. The van der Waals surface area contributed by atoms with Gasteiger partial charge in [-0.2, -0.15) is 0 Å². The molecule has 2 aromatic carbocycles. The molecule has 0 fully saturated rings. The molecule has 7 nitrogen and oxygen atoms in total. The first-order valence-corrected chi connectivity index (χ1v) is 8.43. The van der Waals surface area contributed by atoms with Gasteiger partial charge in [0.15, 0.2) is 13.2 Å². The predicted molar refractivity (Wildman–Crippen MR) is 101 cm³/mol. The standard InChI is InChI=1S/C19H19ClN2O5/c1-12-6-7-16(13(2)8-12)21-19(25)22-17(23)10-27-18(24)11-26-15-5-3-4-14(20)9-15/h3-9H,10-11H2,1-2H3,(H2,21,22,23,25). The minimum Gasteiger partial charge on any atom is -0.482 e. The van der Waals surface area contributed by atoms with Crippen LogP contribution in [0.3, 0.4) is 0 Å². The highest BCUT2D eigenvalue weighted by molar-refractivity contribution is 6.30. The molecule has 0 aromatic heterocycles. The number of imide groups is 1. The van der Waals surface area contributed by atoms with Crippen molar-refractivity contribution in [3.05, 3.63) is 58.6 Å². The fourth-order valence-electron chi connectivity index (χ4n) is 2.16. The number of rotatable bonds is 6. The maximum atomic E-state index is 11.8. The Morgan fingerprint density at radius 2 is 1.81 bits per heavy atom. The summed E-state index contributed by atoms with van der Waals surface area (Å²) in [6.07, 6.45) is 0. The van der Waals surface area contributed by atoms with E-state index in [0.717, 1.165) is 11.1 Å². The summed E-state index contributed by atoms with van der Waals surface area (Å²) in [5.41, 5.74) is 2.50. The topological polar surface area (TPSA) is 93.7 Å². The third-order valence-corrected chi connectivity index (χ3v) is 3.64. The lowest BCUT2D eigenvalue weighted by Gasteiger charge is -2.10. The first-order valence-electron chi connectivity index (χ1n) is 8.05. The van der Waals surface area contributed by atoms with Gasteiger partial charge in [0.1, 0.15) is 5.75 Å². The van der Waals surface area contributed by atoms with Crippen molar-refractivity contribution in [2.24, 2.45) is 0 Å². The number of ether oxygens (including phenoxy) is 2. The van der Waals surface area contributed by atoms with Gasteiger partial charge in [0.25, 0.3) is 5.91 Å². The first kappa shape index (κ1) is 20.3. The number of aryl methyl sites for hydroxylation is 2. The molecule has 2 rings (SSSR count). The van der Waals surface area contributed by atoms with Crippen LogP contribution in [0.2, 0.25) is 5.02 Å². The minimum atomic E-state index is -0.756. The van der Waals surface area contributed by atoms with Gasteiger partial charge in [0.05, 0.1) is 0 Å². The summed E-state index contributed by atoms with van der Waals surface area (Å²) in [4.78, 5) is 35.1. The summed E-state index contributed by atoms with van der Waals surface area (Å²) in [5.74, 6) is -1.11. The van der Waals surface area contributed by atoms with Gasteiger partial charge in [-0.3, -0.25) is 10.1 Å². The molecule has 0 atom stereocenters. The zero-order chi connectivity index (χ0) is 19.8. The number of esters is 1. The van der Waals surface area contributed by atoms with Crippen molar-refractivity contribution < 1.29 is 23.9 Å². The van der Waals surface area contributed by atoms with Crippen LogP contribution in [0.15, 0.2) is 42.5 Å². The number of carbonyl (C=O) groups is 3. The van der Waals surface area contributed by atoms with E-state index < -0.39 is 24.5 Å². The van der Waals surface area contributed by atoms with Crippen molar-refractivity contribution in [1.82, 2.24) is 5.32 Å². The maximum absolute atomic E-state index is 11.8. The van der Waals surface area contributed by atoms with E-state index in [9.17, 15) is 14.4 Å². The van der Waals surface area contributed by atoms with Crippen LogP contribution in [0.1, 0.15) is 11.1 Å². The Labute approximate surface area is 161 Å². The lowest BCUT2D eigenvalue weighted by Crippen LogP contribution is -2.37. The van der Waals surface area contributed by atoms with Gasteiger partial charge >= 0.3 is 12.0 Å². The third kappa shape index (κ3) is 6.99. The summed E-state index contributed by atoms with van der Waals surface area (Å²) in [5, 5.41) is 5.11. The second-order valence-electron chi connectivity index (χ2n) is 5.73. The lowest BCUT2D eigenvalue weighted by atomic mass is 10.1. The Kier molecular flexibility index (Phi) is 7.19. The van der Waals surface area contributed by atoms with E-state index >= 15 is 0 Å². The summed E-state index contributed by atoms with van der Waals surface area (Å²) >= 11 is 5.80. The van der Waals surface area contributed by atoms with Crippen molar-refractivity contribution >= 4 is 35.2 Å². The normalized spacial score (nSPS) is 10.0. The van der Waals surface area contributed by atoms with Gasteiger partial charge in [-0.25, -0.2) is 9.59 Å². The van der Waals surface area contributed by atoms with Crippen LogP contribution in [-0.4, -0.2) is 31.1 Å². The first-order chi connectivity index (χ1) is 12.8. The van der Waals surface area contributed by atoms with E-state index in [0.29, 0.717) is 16.5 Å². The van der Waals surface area contributed by atoms with E-state index in [1.54, 1.807) is 30.3 Å². The molecule has 0 heterocycles. The van der Waals surface area contributed by atoms with E-state index in [4.69, 9.17) is 21.1 Å². The van der Waals surface area contributed by atoms with Crippen LogP contribution in [-0.2, 0) is 14.3 Å². The summed E-state index contributed by atoms with van der Waals surface area (Å²) in [7, 11) is 0. The Morgan fingerprint density at radius 3 is 2.52 bits per heavy atom. The zero-order valence-electron chi connectivity index (χ0n) is 14.9. The average Bonchev–Trinajstić information content (AvgIpc) is 2.60. The predicted octanol–water partition coefficient (Wildman–Crippen LogP) is 3.23. The number of carbonyl (C=O) groups excluding carboxylic acids is 3. The molecule has 0 saturated carbocycles. The van der Waals surface area contributed by atoms with Crippen LogP contribution in [0, 0.1) is 13.8 Å². The van der Waals surface area contributed by atoms with Crippen LogP contribution in [0.25, 0.3) is 0 Å². The molecule has 2 N–H and O–H groups in total. The van der Waals surface area contributed by atoms with Crippen molar-refractivity contribution in [2.45, 2.75) is 13.8 Å². The van der Waals surface area contributed by atoms with Crippen molar-refractivity contribution in [2.75, 3.05) is 18.5 Å². The van der Waals surface area contributed by atoms with E-state index in [1.165, 1.54) is 0 Å². The number of hydrogen-bond acceptors (Lipinski definition) is 5. The number of halogens is 1. The maximum Gasteiger partial charge on any atom is 0.344 e. The molecular weight excluding hydrogens is 372 g/mol. The number of amides is 3. The molecule has 0 bridgehead atoms. The Bertz CT molecular complexity index is 854. The van der Waals surface area contributed by atoms with Crippen LogP contribution in [0.4, 0.5) is 10.5 Å². The van der Waals surface area contributed by atoms with Crippen molar-refractivity contribution in [3.63, 3.8) is 0 Å². The number of hydrogen-bond donors (Lipinski definition) is 2. The molecule has 0 radical (unpaired) electrons.